The van der Waals surface area contributed by atoms with Crippen molar-refractivity contribution < 1.29 is 14.7 Å². The van der Waals surface area contributed by atoms with E-state index in [1.165, 1.54) is 24.4 Å². The zero-order chi connectivity index (χ0) is 29.5. The maximum Gasteiger partial charge on any atom is 0.270 e. The summed E-state index contributed by atoms with van der Waals surface area (Å²) in [7, 11) is 0. The summed E-state index contributed by atoms with van der Waals surface area (Å²) in [5.74, 6) is -0.729. The van der Waals surface area contributed by atoms with Gasteiger partial charge in [-0.15, -0.1) is 0 Å². The van der Waals surface area contributed by atoms with Crippen molar-refractivity contribution in [3.8, 4) is 28.1 Å². The molecule has 1 fully saturated rings. The number of pyridine rings is 2. The van der Waals surface area contributed by atoms with Crippen molar-refractivity contribution in [2.45, 2.75) is 32.6 Å². The first-order valence-electron chi connectivity index (χ1n) is 13.6. The minimum atomic E-state index is -0.506. The molecule has 1 aromatic carbocycles. The Morgan fingerprint density at radius 1 is 1.05 bits per heavy atom. The van der Waals surface area contributed by atoms with Gasteiger partial charge in [0.1, 0.15) is 17.3 Å². The molecule has 0 aliphatic carbocycles. The number of amides is 1. The lowest BCUT2D eigenvalue weighted by molar-refractivity contribution is 0.0704. The van der Waals surface area contributed by atoms with E-state index in [4.69, 9.17) is 10.7 Å². The molecule has 212 valence electrons. The predicted octanol–water partition coefficient (Wildman–Crippen LogP) is 3.97. The van der Waals surface area contributed by atoms with Crippen LogP contribution in [0.5, 0.6) is 5.75 Å². The van der Waals surface area contributed by atoms with Crippen molar-refractivity contribution >= 4 is 23.2 Å². The van der Waals surface area contributed by atoms with Gasteiger partial charge in [0.25, 0.3) is 11.5 Å². The molecular weight excluding hydrogens is 534 g/mol. The zero-order valence-corrected chi connectivity index (χ0v) is 23.2. The minimum Gasteiger partial charge on any atom is -0.507 e. The number of carbonyl (C=O) groups excluding carboxylic acids is 2. The van der Waals surface area contributed by atoms with E-state index in [1.54, 1.807) is 17.3 Å². The molecule has 6 rings (SSSR count). The quantitative estimate of drug-likeness (QED) is 0.271. The second kappa shape index (κ2) is 10.6. The molecule has 0 radical (unpaired) electrons. The number of aromatic amines is 1. The molecule has 5 heterocycles. The Morgan fingerprint density at radius 2 is 1.79 bits per heavy atom. The normalized spacial score (nSPS) is 13.9. The number of H-pyrrole nitrogens is 1. The molecule has 11 heteroatoms. The molecule has 11 nitrogen and oxygen atoms in total. The second-order valence-electron chi connectivity index (χ2n) is 10.5. The Morgan fingerprint density at radius 3 is 2.43 bits per heavy atom. The maximum atomic E-state index is 13.1. The number of nitrogens with zero attached hydrogens (tertiary/aromatic N) is 5. The number of rotatable bonds is 5. The number of nitrogens with one attached hydrogen (secondary N) is 1. The topological polar surface area (TPSA) is 160 Å². The molecular formula is C31H29N7O4. The van der Waals surface area contributed by atoms with Gasteiger partial charge in [0.05, 0.1) is 28.7 Å². The van der Waals surface area contributed by atoms with Gasteiger partial charge in [0, 0.05) is 48.0 Å². The SMILES string of the molecule is CC(=O)c1c(C2CCN(C(=O)c3cc(O)c(C)c(=O)[nH]3)CC2)nc2c(-c3ccc(-c4ccccc4)nc3)cnn2c1N. The van der Waals surface area contributed by atoms with Crippen LogP contribution >= 0.6 is 0 Å². The van der Waals surface area contributed by atoms with Crippen LogP contribution in [-0.2, 0) is 0 Å². The predicted molar refractivity (Wildman–Crippen MR) is 157 cm³/mol. The number of likely N-dealkylation sites (tertiary alicyclic amines) is 1. The summed E-state index contributed by atoms with van der Waals surface area (Å²) in [4.78, 5) is 51.7. The summed E-state index contributed by atoms with van der Waals surface area (Å²) in [6.07, 6.45) is 4.51. The summed E-state index contributed by atoms with van der Waals surface area (Å²) in [5.41, 5.74) is 11.0. The molecule has 0 unspecified atom stereocenters. The first-order valence-corrected chi connectivity index (χ1v) is 13.6. The molecule has 1 saturated heterocycles. The number of nitrogens with two attached hydrogens (primary N) is 1. The molecule has 1 amide bonds. The van der Waals surface area contributed by atoms with Crippen LogP contribution in [0.4, 0.5) is 5.82 Å². The highest BCUT2D eigenvalue weighted by molar-refractivity contribution is 6.00. The third kappa shape index (κ3) is 4.68. The first kappa shape index (κ1) is 26.9. The van der Waals surface area contributed by atoms with Crippen molar-refractivity contribution in [1.29, 1.82) is 0 Å². The molecule has 0 atom stereocenters. The summed E-state index contributed by atoms with van der Waals surface area (Å²) in [6, 6.07) is 15.1. The van der Waals surface area contributed by atoms with Crippen LogP contribution in [0.1, 0.15) is 57.8 Å². The molecule has 4 aromatic heterocycles. The Hall–Kier alpha value is -5.32. The van der Waals surface area contributed by atoms with Gasteiger partial charge in [-0.25, -0.2) is 4.98 Å². The Bertz CT molecular complexity index is 1890. The molecule has 0 saturated carbocycles. The van der Waals surface area contributed by atoms with Gasteiger partial charge >= 0.3 is 0 Å². The Labute approximate surface area is 240 Å². The summed E-state index contributed by atoms with van der Waals surface area (Å²) in [5, 5.41) is 14.5. The van der Waals surface area contributed by atoms with Crippen molar-refractivity contribution in [2.75, 3.05) is 18.8 Å². The third-order valence-electron chi connectivity index (χ3n) is 7.86. The van der Waals surface area contributed by atoms with Gasteiger partial charge in [-0.2, -0.15) is 9.61 Å². The third-order valence-corrected chi connectivity index (χ3v) is 7.86. The monoisotopic (exact) mass is 563 g/mol. The van der Waals surface area contributed by atoms with E-state index in [0.717, 1.165) is 22.4 Å². The number of aromatic hydroxyl groups is 1. The van der Waals surface area contributed by atoms with Gasteiger partial charge in [-0.1, -0.05) is 36.4 Å². The zero-order valence-electron chi connectivity index (χ0n) is 23.2. The van der Waals surface area contributed by atoms with Crippen LogP contribution in [0.3, 0.4) is 0 Å². The van der Waals surface area contributed by atoms with Crippen molar-refractivity contribution in [2.24, 2.45) is 0 Å². The smallest absolute Gasteiger partial charge is 0.270 e. The van der Waals surface area contributed by atoms with Crippen LogP contribution in [0.2, 0.25) is 0 Å². The fraction of sp³-hybridized carbons (Fsp3) is 0.226. The summed E-state index contributed by atoms with van der Waals surface area (Å²) in [6.45, 7) is 3.69. The van der Waals surface area contributed by atoms with E-state index in [2.05, 4.69) is 15.1 Å². The van der Waals surface area contributed by atoms with E-state index in [9.17, 15) is 19.5 Å². The van der Waals surface area contributed by atoms with E-state index < -0.39 is 5.56 Å². The number of nitrogen functional groups attached to an aromatic ring is 1. The van der Waals surface area contributed by atoms with E-state index in [-0.39, 0.29) is 40.4 Å². The number of benzene rings is 1. The molecule has 1 aliphatic rings. The highest BCUT2D eigenvalue weighted by Gasteiger charge is 2.31. The number of piperidine rings is 1. The van der Waals surface area contributed by atoms with Crippen LogP contribution < -0.4 is 11.3 Å². The fourth-order valence-electron chi connectivity index (χ4n) is 5.48. The molecule has 42 heavy (non-hydrogen) atoms. The van der Waals surface area contributed by atoms with Crippen molar-refractivity contribution in [3.05, 3.63) is 93.8 Å². The molecule has 0 spiro atoms. The van der Waals surface area contributed by atoms with E-state index in [1.807, 2.05) is 42.5 Å². The lowest BCUT2D eigenvalue weighted by Crippen LogP contribution is -2.39. The molecule has 1 aliphatic heterocycles. The highest BCUT2D eigenvalue weighted by atomic mass is 16.3. The summed E-state index contributed by atoms with van der Waals surface area (Å²) < 4.78 is 1.49. The van der Waals surface area contributed by atoms with Gasteiger partial charge in [-0.3, -0.25) is 19.4 Å². The Kier molecular flexibility index (Phi) is 6.77. The molecule has 4 N–H and O–H groups in total. The number of ketones is 1. The average molecular weight is 564 g/mol. The number of Topliss-reactive ketones (excluding diaryl/α,β-unsaturated/α-hetero) is 1. The van der Waals surface area contributed by atoms with Gasteiger partial charge < -0.3 is 20.7 Å². The number of hydrogen-bond acceptors (Lipinski definition) is 8. The standard InChI is InChI=1S/C31H29N7O4/c1-17-25(40)14-24(35-30(17)41)31(42)37-12-10-20(11-13-37)27-26(18(2)39)28(32)38-29(36-27)22(16-34-38)21-8-9-23(33-15-21)19-6-4-3-5-7-19/h3-9,14-16,20H,10-13,32H2,1-2H3,(H2,35,40,41). The van der Waals surface area contributed by atoms with Crippen LogP contribution in [0.25, 0.3) is 28.0 Å². The van der Waals surface area contributed by atoms with Crippen LogP contribution in [0.15, 0.2) is 65.7 Å². The number of aromatic nitrogens is 5. The number of fused-ring (bicyclic) bond motifs is 1. The van der Waals surface area contributed by atoms with Gasteiger partial charge in [-0.05, 0) is 32.8 Å². The Balaban J connectivity index is 1.31. The summed E-state index contributed by atoms with van der Waals surface area (Å²) >= 11 is 0. The second-order valence-corrected chi connectivity index (χ2v) is 10.5. The van der Waals surface area contributed by atoms with Gasteiger partial charge in [0.2, 0.25) is 0 Å². The molecule has 0 bridgehead atoms. The number of hydrogen-bond donors (Lipinski definition) is 3. The van der Waals surface area contributed by atoms with Gasteiger partial charge in [0.15, 0.2) is 11.4 Å². The lowest BCUT2D eigenvalue weighted by Gasteiger charge is -2.32. The lowest BCUT2D eigenvalue weighted by atomic mass is 9.89. The highest BCUT2D eigenvalue weighted by Crippen LogP contribution is 2.35. The van der Waals surface area contributed by atoms with Crippen molar-refractivity contribution in [3.63, 3.8) is 0 Å². The maximum absolute atomic E-state index is 13.1. The van der Waals surface area contributed by atoms with E-state index >= 15 is 0 Å². The molecule has 5 aromatic rings. The number of carbonyl (C=O) groups is 2. The largest absolute Gasteiger partial charge is 0.507 e. The van der Waals surface area contributed by atoms with Crippen LogP contribution in [-0.4, -0.2) is 59.4 Å². The first-order chi connectivity index (χ1) is 20.2. The fourth-order valence-corrected chi connectivity index (χ4v) is 5.48. The van der Waals surface area contributed by atoms with E-state index in [0.29, 0.717) is 42.8 Å². The minimum absolute atomic E-state index is 0.0329. The van der Waals surface area contributed by atoms with Crippen molar-refractivity contribution in [1.82, 2.24) is 29.5 Å². The average Bonchev–Trinajstić information content (AvgIpc) is 3.44. The number of anilines is 1. The van der Waals surface area contributed by atoms with Crippen LogP contribution in [0, 0.1) is 6.92 Å².